The summed E-state index contributed by atoms with van der Waals surface area (Å²) in [5, 5.41) is 0. The van der Waals surface area contributed by atoms with E-state index in [1.165, 1.54) is 25.7 Å². The first-order valence-corrected chi connectivity index (χ1v) is 8.20. The minimum Gasteiger partial charge on any atom is -0.493 e. The molecule has 1 aromatic carbocycles. The van der Waals surface area contributed by atoms with Crippen molar-refractivity contribution in [1.29, 1.82) is 0 Å². The van der Waals surface area contributed by atoms with Gasteiger partial charge >= 0.3 is 0 Å². The zero-order valence-corrected chi connectivity index (χ0v) is 13.5. The van der Waals surface area contributed by atoms with Crippen molar-refractivity contribution in [1.82, 2.24) is 0 Å². The highest BCUT2D eigenvalue weighted by molar-refractivity contribution is 7.80. The molecule has 3 nitrogen and oxygen atoms in total. The Hall–Kier alpha value is -1.13. The number of hydrogen-bond acceptors (Lipinski definition) is 3. The molecule has 0 aliphatic heterocycles. The largest absolute Gasteiger partial charge is 0.493 e. The summed E-state index contributed by atoms with van der Waals surface area (Å²) in [5.74, 6) is 1.62. The lowest BCUT2D eigenvalue weighted by Gasteiger charge is -2.26. The van der Waals surface area contributed by atoms with E-state index in [0.29, 0.717) is 17.7 Å². The van der Waals surface area contributed by atoms with E-state index in [-0.39, 0.29) is 0 Å². The molecular formula is C17H25NO2S. The maximum absolute atomic E-state index is 5.93. The maximum Gasteiger partial charge on any atom is 0.119 e. The van der Waals surface area contributed by atoms with Crippen molar-refractivity contribution in [3.05, 3.63) is 29.8 Å². The SMILES string of the molecule is CC1CCCC(OCCCOc2cccc(C(N)=S)c2)C1. The van der Waals surface area contributed by atoms with Gasteiger partial charge in [0.2, 0.25) is 0 Å². The Morgan fingerprint density at radius 2 is 2.19 bits per heavy atom. The minimum absolute atomic E-state index is 0.398. The Kier molecular flexibility index (Phi) is 6.46. The molecule has 0 bridgehead atoms. The molecule has 1 saturated carbocycles. The van der Waals surface area contributed by atoms with Crippen LogP contribution in [0, 0.1) is 5.92 Å². The van der Waals surface area contributed by atoms with Crippen LogP contribution in [0.4, 0.5) is 0 Å². The molecule has 0 spiro atoms. The van der Waals surface area contributed by atoms with Gasteiger partial charge in [-0.15, -0.1) is 0 Å². The van der Waals surface area contributed by atoms with Crippen LogP contribution in [0.25, 0.3) is 0 Å². The van der Waals surface area contributed by atoms with Gasteiger partial charge in [-0.3, -0.25) is 0 Å². The second-order valence-electron chi connectivity index (χ2n) is 5.86. The molecule has 1 aliphatic carbocycles. The van der Waals surface area contributed by atoms with Crippen LogP contribution in [0.2, 0.25) is 0 Å². The summed E-state index contributed by atoms with van der Waals surface area (Å²) < 4.78 is 11.6. The molecule has 0 heterocycles. The molecule has 1 fully saturated rings. The fraction of sp³-hybridized carbons (Fsp3) is 0.588. The molecular weight excluding hydrogens is 282 g/mol. The summed E-state index contributed by atoms with van der Waals surface area (Å²) in [7, 11) is 0. The summed E-state index contributed by atoms with van der Waals surface area (Å²) in [6.07, 6.45) is 6.42. The van der Waals surface area contributed by atoms with Crippen molar-refractivity contribution >= 4 is 17.2 Å². The van der Waals surface area contributed by atoms with E-state index in [4.69, 9.17) is 27.4 Å². The molecule has 0 radical (unpaired) electrons. The third kappa shape index (κ3) is 5.64. The summed E-state index contributed by atoms with van der Waals surface area (Å²) in [4.78, 5) is 0.398. The normalized spacial score (nSPS) is 22.0. The lowest BCUT2D eigenvalue weighted by Crippen LogP contribution is -2.22. The number of ether oxygens (including phenoxy) is 2. The van der Waals surface area contributed by atoms with E-state index in [0.717, 1.165) is 30.3 Å². The Balaban J connectivity index is 1.63. The average Bonchev–Trinajstić information content (AvgIpc) is 2.47. The maximum atomic E-state index is 5.93. The number of rotatable bonds is 7. The fourth-order valence-corrected chi connectivity index (χ4v) is 2.89. The quantitative estimate of drug-likeness (QED) is 0.616. The van der Waals surface area contributed by atoms with Gasteiger partial charge in [-0.25, -0.2) is 0 Å². The van der Waals surface area contributed by atoms with Crippen LogP contribution in [-0.4, -0.2) is 24.3 Å². The molecule has 0 aromatic heterocycles. The highest BCUT2D eigenvalue weighted by Crippen LogP contribution is 2.25. The molecule has 116 valence electrons. The van der Waals surface area contributed by atoms with Gasteiger partial charge in [0, 0.05) is 12.0 Å². The third-order valence-corrected chi connectivity index (χ3v) is 4.15. The van der Waals surface area contributed by atoms with E-state index in [2.05, 4.69) is 6.92 Å². The van der Waals surface area contributed by atoms with Crippen LogP contribution < -0.4 is 10.5 Å². The van der Waals surface area contributed by atoms with Crippen molar-refractivity contribution < 1.29 is 9.47 Å². The van der Waals surface area contributed by atoms with Crippen molar-refractivity contribution in [3.8, 4) is 5.75 Å². The first-order chi connectivity index (χ1) is 10.1. The molecule has 4 heteroatoms. The van der Waals surface area contributed by atoms with Crippen molar-refractivity contribution in [2.75, 3.05) is 13.2 Å². The van der Waals surface area contributed by atoms with Gasteiger partial charge < -0.3 is 15.2 Å². The van der Waals surface area contributed by atoms with Crippen LogP contribution in [-0.2, 0) is 4.74 Å². The summed E-state index contributed by atoms with van der Waals surface area (Å²) in [6.45, 7) is 3.74. The second kappa shape index (κ2) is 8.35. The Morgan fingerprint density at radius 3 is 2.95 bits per heavy atom. The van der Waals surface area contributed by atoms with Crippen LogP contribution >= 0.6 is 12.2 Å². The topological polar surface area (TPSA) is 44.5 Å². The Labute approximate surface area is 132 Å². The van der Waals surface area contributed by atoms with Crippen LogP contribution in [0.1, 0.15) is 44.6 Å². The molecule has 2 unspecified atom stereocenters. The molecule has 2 rings (SSSR count). The summed E-state index contributed by atoms with van der Waals surface area (Å²) >= 11 is 4.96. The predicted octanol–water partition coefficient (Wildman–Crippen LogP) is 3.69. The van der Waals surface area contributed by atoms with Gasteiger partial charge in [0.1, 0.15) is 10.7 Å². The zero-order chi connectivity index (χ0) is 15.1. The minimum atomic E-state index is 0.398. The standard InChI is InChI=1S/C17H25NO2S/c1-13-5-2-7-15(11-13)19-9-4-10-20-16-8-3-6-14(12-16)17(18)21/h3,6,8,12-13,15H,2,4-5,7,9-11H2,1H3,(H2,18,21). The fourth-order valence-electron chi connectivity index (χ4n) is 2.77. The van der Waals surface area contributed by atoms with Gasteiger partial charge in [-0.2, -0.15) is 0 Å². The molecule has 21 heavy (non-hydrogen) atoms. The van der Waals surface area contributed by atoms with Crippen LogP contribution in [0.5, 0.6) is 5.75 Å². The van der Waals surface area contributed by atoms with Crippen LogP contribution in [0.3, 0.4) is 0 Å². The Morgan fingerprint density at radius 1 is 1.33 bits per heavy atom. The van der Waals surface area contributed by atoms with Gasteiger partial charge in [0.15, 0.2) is 0 Å². The number of benzene rings is 1. The van der Waals surface area contributed by atoms with E-state index in [9.17, 15) is 0 Å². The molecule has 0 saturated heterocycles. The van der Waals surface area contributed by atoms with E-state index in [1.807, 2.05) is 24.3 Å². The molecule has 1 aromatic rings. The smallest absolute Gasteiger partial charge is 0.119 e. The average molecular weight is 307 g/mol. The second-order valence-corrected chi connectivity index (χ2v) is 6.30. The summed E-state index contributed by atoms with van der Waals surface area (Å²) in [5.41, 5.74) is 6.45. The molecule has 0 amide bonds. The van der Waals surface area contributed by atoms with Crippen molar-refractivity contribution in [3.63, 3.8) is 0 Å². The van der Waals surface area contributed by atoms with Gasteiger partial charge in [-0.1, -0.05) is 44.1 Å². The first kappa shape index (κ1) is 16.2. The van der Waals surface area contributed by atoms with Crippen molar-refractivity contribution in [2.45, 2.75) is 45.1 Å². The van der Waals surface area contributed by atoms with Crippen LogP contribution in [0.15, 0.2) is 24.3 Å². The lowest BCUT2D eigenvalue weighted by molar-refractivity contribution is 0.0106. The number of thiocarbonyl (C=S) groups is 1. The highest BCUT2D eigenvalue weighted by Gasteiger charge is 2.18. The van der Waals surface area contributed by atoms with E-state index in [1.54, 1.807) is 0 Å². The van der Waals surface area contributed by atoms with E-state index < -0.39 is 0 Å². The predicted molar refractivity (Wildman–Crippen MR) is 89.8 cm³/mol. The zero-order valence-electron chi connectivity index (χ0n) is 12.7. The first-order valence-electron chi connectivity index (χ1n) is 7.79. The lowest BCUT2D eigenvalue weighted by atomic mass is 9.89. The molecule has 2 atom stereocenters. The monoisotopic (exact) mass is 307 g/mol. The van der Waals surface area contributed by atoms with E-state index >= 15 is 0 Å². The third-order valence-electron chi connectivity index (χ3n) is 3.92. The Bertz CT molecular complexity index is 464. The number of hydrogen-bond donors (Lipinski definition) is 1. The highest BCUT2D eigenvalue weighted by atomic mass is 32.1. The van der Waals surface area contributed by atoms with Gasteiger partial charge in [0.05, 0.1) is 19.3 Å². The molecule has 2 N–H and O–H groups in total. The number of nitrogens with two attached hydrogens (primary N) is 1. The molecule has 1 aliphatic rings. The van der Waals surface area contributed by atoms with Crippen molar-refractivity contribution in [2.24, 2.45) is 11.7 Å². The summed E-state index contributed by atoms with van der Waals surface area (Å²) in [6, 6.07) is 7.60. The van der Waals surface area contributed by atoms with Gasteiger partial charge in [-0.05, 0) is 30.9 Å². The van der Waals surface area contributed by atoms with Gasteiger partial charge in [0.25, 0.3) is 0 Å².